The van der Waals surface area contributed by atoms with E-state index in [0.717, 1.165) is 15.8 Å². The molecule has 2 aromatic rings. The molecule has 0 heterocycles. The van der Waals surface area contributed by atoms with Crippen molar-refractivity contribution in [2.75, 3.05) is 20.3 Å². The van der Waals surface area contributed by atoms with Crippen LogP contribution in [0.5, 0.6) is 11.5 Å². The van der Waals surface area contributed by atoms with Gasteiger partial charge in [0.1, 0.15) is 17.5 Å². The predicted molar refractivity (Wildman–Crippen MR) is 139 cm³/mol. The Hall–Kier alpha value is -2.54. The van der Waals surface area contributed by atoms with Gasteiger partial charge in [-0.05, 0) is 69.6 Å². The molecule has 2 aromatic carbocycles. The molecule has 0 spiro atoms. The van der Waals surface area contributed by atoms with Gasteiger partial charge in [-0.3, -0.25) is 9.59 Å². The predicted octanol–water partition coefficient (Wildman–Crippen LogP) is 5.54. The summed E-state index contributed by atoms with van der Waals surface area (Å²) in [6, 6.07) is 12.8. The molecule has 0 bridgehead atoms. The number of rotatable bonds is 12. The average molecular weight is 534 g/mol. The van der Waals surface area contributed by atoms with Gasteiger partial charge in [0.05, 0.1) is 11.6 Å². The van der Waals surface area contributed by atoms with E-state index in [4.69, 9.17) is 9.47 Å². The third-order valence-corrected chi connectivity index (χ3v) is 6.18. The van der Waals surface area contributed by atoms with Crippen molar-refractivity contribution in [2.24, 2.45) is 5.92 Å². The highest BCUT2D eigenvalue weighted by Crippen LogP contribution is 2.29. The lowest BCUT2D eigenvalue weighted by Crippen LogP contribution is -2.50. The van der Waals surface area contributed by atoms with Crippen molar-refractivity contribution in [1.82, 2.24) is 10.2 Å². The highest BCUT2D eigenvalue weighted by atomic mass is 79.9. The summed E-state index contributed by atoms with van der Waals surface area (Å²) in [5.74, 6) is 1.65. The summed E-state index contributed by atoms with van der Waals surface area (Å²) in [6.07, 6.45) is 0.499. The lowest BCUT2D eigenvalue weighted by Gasteiger charge is -2.31. The molecule has 0 fully saturated rings. The Balaban J connectivity index is 2.22. The third kappa shape index (κ3) is 8.05. The van der Waals surface area contributed by atoms with E-state index in [9.17, 15) is 9.59 Å². The minimum Gasteiger partial charge on any atom is -0.497 e. The van der Waals surface area contributed by atoms with Crippen molar-refractivity contribution in [3.8, 4) is 11.5 Å². The average Bonchev–Trinajstić information content (AvgIpc) is 2.81. The van der Waals surface area contributed by atoms with Crippen molar-refractivity contribution in [3.05, 3.63) is 58.1 Å². The molecule has 0 unspecified atom stereocenters. The number of carbonyl (C=O) groups excluding carboxylic acids is 2. The van der Waals surface area contributed by atoms with E-state index < -0.39 is 6.04 Å². The quantitative estimate of drug-likeness (QED) is 0.389. The summed E-state index contributed by atoms with van der Waals surface area (Å²) in [5, 5.41) is 2.97. The first-order chi connectivity index (χ1) is 16.2. The number of hydrogen-bond acceptors (Lipinski definition) is 4. The Kier molecular flexibility index (Phi) is 10.9. The second-order valence-electron chi connectivity index (χ2n) is 9.07. The van der Waals surface area contributed by atoms with E-state index in [-0.39, 0.29) is 18.4 Å². The number of ether oxygens (including phenoxy) is 2. The van der Waals surface area contributed by atoms with Crippen LogP contribution in [0.25, 0.3) is 0 Å². The Morgan fingerprint density at radius 1 is 1.06 bits per heavy atom. The molecule has 0 saturated carbocycles. The SMILES string of the molecule is CC[C@@H](C(=O)NCC(C)C)N(Cc1ccc(OC)cc1)C(=O)COc1ccc(C(C)C)cc1Br. The zero-order valence-corrected chi connectivity index (χ0v) is 22.6. The number of halogens is 1. The summed E-state index contributed by atoms with van der Waals surface area (Å²) in [7, 11) is 1.61. The maximum Gasteiger partial charge on any atom is 0.261 e. The third-order valence-electron chi connectivity index (χ3n) is 5.56. The molecule has 34 heavy (non-hydrogen) atoms. The number of carbonyl (C=O) groups is 2. The molecule has 1 atom stereocenters. The molecule has 7 heteroatoms. The number of amides is 2. The van der Waals surface area contributed by atoms with Crippen molar-refractivity contribution in [2.45, 2.75) is 59.5 Å². The molecule has 0 saturated heterocycles. The van der Waals surface area contributed by atoms with E-state index in [1.54, 1.807) is 12.0 Å². The summed E-state index contributed by atoms with van der Waals surface area (Å²) in [5.41, 5.74) is 2.09. The normalized spacial score (nSPS) is 11.9. The first kappa shape index (κ1) is 27.7. The van der Waals surface area contributed by atoms with Crippen LogP contribution < -0.4 is 14.8 Å². The maximum absolute atomic E-state index is 13.4. The van der Waals surface area contributed by atoms with Crippen LogP contribution in [0.2, 0.25) is 0 Å². The highest BCUT2D eigenvalue weighted by Gasteiger charge is 2.29. The van der Waals surface area contributed by atoms with Gasteiger partial charge >= 0.3 is 0 Å². The fourth-order valence-corrected chi connectivity index (χ4v) is 4.00. The number of methoxy groups -OCH3 is 1. The summed E-state index contributed by atoms with van der Waals surface area (Å²) in [4.78, 5) is 27.9. The highest BCUT2D eigenvalue weighted by molar-refractivity contribution is 9.10. The van der Waals surface area contributed by atoms with Crippen LogP contribution in [-0.2, 0) is 16.1 Å². The van der Waals surface area contributed by atoms with Gasteiger partial charge in [-0.1, -0.05) is 52.8 Å². The molecule has 0 radical (unpaired) electrons. The Morgan fingerprint density at radius 3 is 2.26 bits per heavy atom. The molecule has 0 aliphatic rings. The molecule has 2 rings (SSSR count). The van der Waals surface area contributed by atoms with Gasteiger partial charge in [-0.15, -0.1) is 0 Å². The molecule has 186 valence electrons. The van der Waals surface area contributed by atoms with Gasteiger partial charge in [-0.25, -0.2) is 0 Å². The molecular formula is C27H37BrN2O4. The smallest absolute Gasteiger partial charge is 0.261 e. The van der Waals surface area contributed by atoms with Crippen LogP contribution in [0.15, 0.2) is 46.9 Å². The van der Waals surface area contributed by atoms with E-state index in [1.165, 1.54) is 5.56 Å². The molecule has 6 nitrogen and oxygen atoms in total. The number of benzene rings is 2. The monoisotopic (exact) mass is 532 g/mol. The van der Waals surface area contributed by atoms with E-state index >= 15 is 0 Å². The van der Waals surface area contributed by atoms with Crippen molar-refractivity contribution in [1.29, 1.82) is 0 Å². The first-order valence-electron chi connectivity index (χ1n) is 11.8. The largest absolute Gasteiger partial charge is 0.497 e. The fraction of sp³-hybridized carbons (Fsp3) is 0.481. The molecule has 1 N–H and O–H groups in total. The van der Waals surface area contributed by atoms with Crippen LogP contribution in [0, 0.1) is 5.92 Å². The Labute approximate surface area is 212 Å². The number of hydrogen-bond donors (Lipinski definition) is 1. The van der Waals surface area contributed by atoms with Gasteiger partial charge in [0.25, 0.3) is 5.91 Å². The second-order valence-corrected chi connectivity index (χ2v) is 9.92. The summed E-state index contributed by atoms with van der Waals surface area (Å²) >= 11 is 3.54. The van der Waals surface area contributed by atoms with Gasteiger partial charge in [0, 0.05) is 13.1 Å². The van der Waals surface area contributed by atoms with E-state index in [2.05, 4.69) is 35.1 Å². The molecular weight excluding hydrogens is 496 g/mol. The van der Waals surface area contributed by atoms with E-state index in [0.29, 0.717) is 37.1 Å². The Morgan fingerprint density at radius 2 is 1.74 bits per heavy atom. The zero-order chi connectivity index (χ0) is 25.3. The van der Waals surface area contributed by atoms with Crippen LogP contribution >= 0.6 is 15.9 Å². The fourth-order valence-electron chi connectivity index (χ4n) is 3.49. The van der Waals surface area contributed by atoms with Crippen LogP contribution in [-0.4, -0.2) is 43.0 Å². The van der Waals surface area contributed by atoms with Crippen LogP contribution in [0.1, 0.15) is 58.1 Å². The van der Waals surface area contributed by atoms with Crippen LogP contribution in [0.3, 0.4) is 0 Å². The van der Waals surface area contributed by atoms with Gasteiger partial charge in [-0.2, -0.15) is 0 Å². The second kappa shape index (κ2) is 13.4. The van der Waals surface area contributed by atoms with E-state index in [1.807, 2.05) is 63.2 Å². The Bertz CT molecular complexity index is 944. The maximum atomic E-state index is 13.4. The lowest BCUT2D eigenvalue weighted by atomic mass is 10.0. The molecule has 0 aromatic heterocycles. The van der Waals surface area contributed by atoms with Crippen molar-refractivity contribution in [3.63, 3.8) is 0 Å². The minimum atomic E-state index is -0.594. The van der Waals surface area contributed by atoms with Crippen LogP contribution in [0.4, 0.5) is 0 Å². The zero-order valence-electron chi connectivity index (χ0n) is 21.1. The standard InChI is InChI=1S/C27H37BrN2O4/c1-7-24(27(32)29-15-18(2)3)30(16-20-8-11-22(33-6)12-9-20)26(31)17-34-25-13-10-21(19(4)5)14-23(25)28/h8-14,18-19,24H,7,15-17H2,1-6H3,(H,29,32)/t24-/m0/s1. The molecule has 0 aliphatic carbocycles. The number of nitrogens with one attached hydrogen (secondary N) is 1. The van der Waals surface area contributed by atoms with Gasteiger partial charge in [0.2, 0.25) is 5.91 Å². The van der Waals surface area contributed by atoms with Gasteiger partial charge < -0.3 is 19.7 Å². The summed E-state index contributed by atoms with van der Waals surface area (Å²) < 4.78 is 11.9. The van der Waals surface area contributed by atoms with Crippen molar-refractivity contribution < 1.29 is 19.1 Å². The molecule has 0 aliphatic heterocycles. The van der Waals surface area contributed by atoms with Gasteiger partial charge in [0.15, 0.2) is 6.61 Å². The first-order valence-corrected chi connectivity index (χ1v) is 12.6. The summed E-state index contributed by atoms with van der Waals surface area (Å²) in [6.45, 7) is 10.9. The number of nitrogens with zero attached hydrogens (tertiary/aromatic N) is 1. The van der Waals surface area contributed by atoms with Crippen molar-refractivity contribution >= 4 is 27.7 Å². The topological polar surface area (TPSA) is 67.9 Å². The lowest BCUT2D eigenvalue weighted by molar-refractivity contribution is -0.143. The molecule has 2 amide bonds. The minimum absolute atomic E-state index is 0.152.